The molecule has 2 amide bonds. The lowest BCUT2D eigenvalue weighted by Crippen LogP contribution is -2.24. The number of hydrogen-bond acceptors (Lipinski definition) is 3. The number of hydrazone groups is 1. The Hall–Kier alpha value is -2.53. The third kappa shape index (κ3) is 4.79. The van der Waals surface area contributed by atoms with Crippen molar-refractivity contribution in [2.45, 2.75) is 6.92 Å². The van der Waals surface area contributed by atoms with Crippen molar-refractivity contribution in [2.24, 2.45) is 5.10 Å². The first-order chi connectivity index (χ1) is 10.7. The molecule has 2 N–H and O–H groups in total. The second-order valence-electron chi connectivity index (χ2n) is 4.31. The number of carbonyl (C=O) groups is 1. The summed E-state index contributed by atoms with van der Waals surface area (Å²) in [5.74, 6) is 0.714. The smallest absolute Gasteiger partial charge is 0.339 e. The Morgan fingerprint density at radius 3 is 2.86 bits per heavy atom. The van der Waals surface area contributed by atoms with E-state index < -0.39 is 6.03 Å². The van der Waals surface area contributed by atoms with Gasteiger partial charge in [-0.1, -0.05) is 29.8 Å². The number of benzene rings is 2. The predicted molar refractivity (Wildman–Crippen MR) is 88.8 cm³/mol. The molecule has 0 radical (unpaired) electrons. The van der Waals surface area contributed by atoms with E-state index in [1.807, 2.05) is 31.2 Å². The molecular formula is C16H16ClN3O2. The third-order valence-electron chi connectivity index (χ3n) is 2.67. The summed E-state index contributed by atoms with van der Waals surface area (Å²) in [6, 6.07) is 13.9. The molecule has 0 heterocycles. The Labute approximate surface area is 133 Å². The molecule has 0 bridgehead atoms. The minimum atomic E-state index is -0.451. The molecule has 2 aromatic carbocycles. The number of rotatable bonds is 5. The van der Waals surface area contributed by atoms with Gasteiger partial charge in [-0.2, -0.15) is 5.10 Å². The highest BCUT2D eigenvalue weighted by Gasteiger charge is 2.01. The van der Waals surface area contributed by atoms with Crippen LogP contribution < -0.4 is 15.5 Å². The summed E-state index contributed by atoms with van der Waals surface area (Å²) in [5.41, 5.74) is 3.77. The number of ether oxygens (including phenoxy) is 1. The van der Waals surface area contributed by atoms with Gasteiger partial charge in [-0.15, -0.1) is 0 Å². The maximum absolute atomic E-state index is 11.7. The van der Waals surface area contributed by atoms with Gasteiger partial charge in [-0.05, 0) is 37.3 Å². The number of urea groups is 1. The first kappa shape index (κ1) is 15.9. The molecule has 2 rings (SSSR count). The molecule has 0 fully saturated rings. The largest absolute Gasteiger partial charge is 0.493 e. The Morgan fingerprint density at radius 1 is 1.27 bits per heavy atom. The molecule has 0 saturated carbocycles. The normalized spacial score (nSPS) is 10.5. The van der Waals surface area contributed by atoms with Crippen LogP contribution in [0.4, 0.5) is 10.5 Å². The van der Waals surface area contributed by atoms with E-state index >= 15 is 0 Å². The highest BCUT2D eigenvalue weighted by Crippen LogP contribution is 2.16. The van der Waals surface area contributed by atoms with Gasteiger partial charge in [0.15, 0.2) is 0 Å². The van der Waals surface area contributed by atoms with E-state index in [4.69, 9.17) is 16.3 Å². The van der Waals surface area contributed by atoms with E-state index in [-0.39, 0.29) is 0 Å². The van der Waals surface area contributed by atoms with Gasteiger partial charge in [0.05, 0.1) is 12.8 Å². The topological polar surface area (TPSA) is 62.7 Å². The van der Waals surface area contributed by atoms with E-state index in [0.717, 1.165) is 5.56 Å². The number of nitrogens with one attached hydrogen (secondary N) is 2. The maximum Gasteiger partial charge on any atom is 0.339 e. The van der Waals surface area contributed by atoms with Gasteiger partial charge in [-0.25, -0.2) is 10.2 Å². The molecule has 0 spiro atoms. The van der Waals surface area contributed by atoms with Crippen LogP contribution in [0, 0.1) is 0 Å². The van der Waals surface area contributed by atoms with Crippen LogP contribution in [0.25, 0.3) is 0 Å². The molecule has 5 nitrogen and oxygen atoms in total. The first-order valence-corrected chi connectivity index (χ1v) is 7.14. The highest BCUT2D eigenvalue weighted by atomic mass is 35.5. The van der Waals surface area contributed by atoms with Crippen molar-refractivity contribution >= 4 is 29.5 Å². The van der Waals surface area contributed by atoms with Crippen LogP contribution in [0.3, 0.4) is 0 Å². The van der Waals surface area contributed by atoms with Gasteiger partial charge in [0.1, 0.15) is 5.75 Å². The van der Waals surface area contributed by atoms with E-state index in [9.17, 15) is 4.79 Å². The summed E-state index contributed by atoms with van der Waals surface area (Å²) >= 11 is 5.84. The monoisotopic (exact) mass is 317 g/mol. The van der Waals surface area contributed by atoms with Gasteiger partial charge < -0.3 is 10.1 Å². The average Bonchev–Trinajstić information content (AvgIpc) is 2.49. The molecule has 0 aliphatic rings. The molecule has 0 saturated heterocycles. The minimum absolute atomic E-state index is 0.451. The van der Waals surface area contributed by atoms with Crippen LogP contribution in [0.15, 0.2) is 53.6 Å². The Kier molecular flexibility index (Phi) is 5.80. The van der Waals surface area contributed by atoms with Crippen LogP contribution in [0.2, 0.25) is 5.02 Å². The van der Waals surface area contributed by atoms with Crippen molar-refractivity contribution in [1.82, 2.24) is 5.43 Å². The van der Waals surface area contributed by atoms with Crippen molar-refractivity contribution in [2.75, 3.05) is 11.9 Å². The zero-order chi connectivity index (χ0) is 15.8. The van der Waals surface area contributed by atoms with E-state index in [1.165, 1.54) is 6.21 Å². The van der Waals surface area contributed by atoms with Gasteiger partial charge >= 0.3 is 6.03 Å². The maximum atomic E-state index is 11.7. The number of amides is 2. The molecular weight excluding hydrogens is 302 g/mol. The highest BCUT2D eigenvalue weighted by molar-refractivity contribution is 6.30. The molecule has 6 heteroatoms. The zero-order valence-electron chi connectivity index (χ0n) is 12.0. The lowest BCUT2D eigenvalue weighted by molar-refractivity contribution is 0.252. The summed E-state index contributed by atoms with van der Waals surface area (Å²) in [6.45, 7) is 2.47. The second-order valence-corrected chi connectivity index (χ2v) is 4.74. The Balaban J connectivity index is 1.93. The molecule has 0 aliphatic carbocycles. The van der Waals surface area contributed by atoms with Crippen LogP contribution in [-0.2, 0) is 0 Å². The third-order valence-corrected chi connectivity index (χ3v) is 2.91. The van der Waals surface area contributed by atoms with E-state index in [0.29, 0.717) is 23.1 Å². The summed E-state index contributed by atoms with van der Waals surface area (Å²) < 4.78 is 5.47. The summed E-state index contributed by atoms with van der Waals surface area (Å²) in [7, 11) is 0. The van der Waals surface area contributed by atoms with Crippen molar-refractivity contribution in [1.29, 1.82) is 0 Å². The van der Waals surface area contributed by atoms with Crippen LogP contribution in [-0.4, -0.2) is 18.9 Å². The number of para-hydroxylation sites is 1. The van der Waals surface area contributed by atoms with Crippen molar-refractivity contribution in [3.8, 4) is 5.75 Å². The molecule has 2 aromatic rings. The average molecular weight is 318 g/mol. The lowest BCUT2D eigenvalue weighted by atomic mass is 10.2. The SMILES string of the molecule is CCOc1ccccc1C=NNC(=O)Nc1cccc(Cl)c1. The first-order valence-electron chi connectivity index (χ1n) is 6.76. The number of nitrogens with zero attached hydrogens (tertiary/aromatic N) is 1. The number of halogens is 1. The van der Waals surface area contributed by atoms with Crippen molar-refractivity contribution < 1.29 is 9.53 Å². The van der Waals surface area contributed by atoms with Gasteiger partial charge in [0, 0.05) is 16.3 Å². The van der Waals surface area contributed by atoms with Gasteiger partial charge in [-0.3, -0.25) is 0 Å². The van der Waals surface area contributed by atoms with Crippen molar-refractivity contribution in [3.63, 3.8) is 0 Å². The zero-order valence-corrected chi connectivity index (χ0v) is 12.8. The van der Waals surface area contributed by atoms with Gasteiger partial charge in [0.2, 0.25) is 0 Å². The Morgan fingerprint density at radius 2 is 2.09 bits per heavy atom. The predicted octanol–water partition coefficient (Wildman–Crippen LogP) is 3.89. The fourth-order valence-electron chi connectivity index (χ4n) is 1.76. The van der Waals surface area contributed by atoms with E-state index in [2.05, 4.69) is 15.8 Å². The van der Waals surface area contributed by atoms with Crippen LogP contribution in [0.5, 0.6) is 5.75 Å². The summed E-state index contributed by atoms with van der Waals surface area (Å²) in [6.07, 6.45) is 1.53. The van der Waals surface area contributed by atoms with Gasteiger partial charge in [0.25, 0.3) is 0 Å². The molecule has 0 aliphatic heterocycles. The van der Waals surface area contributed by atoms with Crippen LogP contribution >= 0.6 is 11.6 Å². The summed E-state index contributed by atoms with van der Waals surface area (Å²) in [4.78, 5) is 11.7. The summed E-state index contributed by atoms with van der Waals surface area (Å²) in [5, 5.41) is 7.08. The fourth-order valence-corrected chi connectivity index (χ4v) is 1.95. The molecule has 22 heavy (non-hydrogen) atoms. The van der Waals surface area contributed by atoms with Crippen LogP contribution in [0.1, 0.15) is 12.5 Å². The molecule has 114 valence electrons. The number of hydrogen-bond donors (Lipinski definition) is 2. The number of anilines is 1. The standard InChI is InChI=1S/C16H16ClN3O2/c1-2-22-15-9-4-3-6-12(15)11-18-20-16(21)19-14-8-5-7-13(17)10-14/h3-11H,2H2,1H3,(H2,19,20,21). The molecule has 0 unspecified atom stereocenters. The second kappa shape index (κ2) is 8.05. The fraction of sp³-hybridized carbons (Fsp3) is 0.125. The van der Waals surface area contributed by atoms with Crippen molar-refractivity contribution in [3.05, 3.63) is 59.1 Å². The minimum Gasteiger partial charge on any atom is -0.493 e. The number of carbonyl (C=O) groups excluding carboxylic acids is 1. The van der Waals surface area contributed by atoms with E-state index in [1.54, 1.807) is 24.3 Å². The molecule has 0 aromatic heterocycles. The lowest BCUT2D eigenvalue weighted by Gasteiger charge is -2.06. The quantitative estimate of drug-likeness (QED) is 0.649. The Bertz CT molecular complexity index is 674. The molecule has 0 atom stereocenters.